The molecule has 2 atom stereocenters. The van der Waals surface area contributed by atoms with Crippen molar-refractivity contribution in [3.8, 4) is 0 Å². The molecule has 1 amide bonds. The van der Waals surface area contributed by atoms with Gasteiger partial charge in [-0.05, 0) is 25.0 Å². The molecule has 2 unspecified atom stereocenters. The van der Waals surface area contributed by atoms with Gasteiger partial charge in [0, 0.05) is 12.0 Å². The van der Waals surface area contributed by atoms with Crippen molar-refractivity contribution in [3.05, 3.63) is 35.4 Å². The third-order valence-electron chi connectivity index (χ3n) is 3.39. The Morgan fingerprint density at radius 1 is 1.37 bits per heavy atom. The van der Waals surface area contributed by atoms with Gasteiger partial charge in [-0.2, -0.15) is 0 Å². The highest BCUT2D eigenvalue weighted by atomic mass is 32.1. The number of thiocarbonyl (C=S) groups is 1. The van der Waals surface area contributed by atoms with E-state index in [4.69, 9.17) is 18.0 Å². The normalized spacial score (nSPS) is 22.2. The number of nitrogens with one attached hydrogen (secondary N) is 1. The number of carbonyl (C=O) groups excluding carboxylic acids is 1. The van der Waals surface area contributed by atoms with E-state index in [1.807, 2.05) is 0 Å². The second-order valence-electron chi connectivity index (χ2n) is 4.62. The lowest BCUT2D eigenvalue weighted by Gasteiger charge is -2.20. The molecule has 0 saturated heterocycles. The number of halogens is 2. The van der Waals surface area contributed by atoms with Crippen LogP contribution in [0.1, 0.15) is 29.6 Å². The smallest absolute Gasteiger partial charge is 0.254 e. The quantitative estimate of drug-likeness (QED) is 0.836. The van der Waals surface area contributed by atoms with Crippen LogP contribution in [0.25, 0.3) is 0 Å². The first-order valence-corrected chi connectivity index (χ1v) is 6.45. The lowest BCUT2D eigenvalue weighted by molar-refractivity contribution is 0.0928. The zero-order valence-electron chi connectivity index (χ0n) is 10.2. The number of hydrogen-bond donors (Lipinski definition) is 2. The highest BCUT2D eigenvalue weighted by Crippen LogP contribution is 2.26. The molecule has 6 heteroatoms. The van der Waals surface area contributed by atoms with Crippen molar-refractivity contribution in [2.75, 3.05) is 0 Å². The van der Waals surface area contributed by atoms with Gasteiger partial charge in [0.1, 0.15) is 0 Å². The molecule has 19 heavy (non-hydrogen) atoms. The first kappa shape index (κ1) is 13.9. The summed E-state index contributed by atoms with van der Waals surface area (Å²) in [7, 11) is 0. The molecule has 1 aliphatic carbocycles. The highest BCUT2D eigenvalue weighted by Gasteiger charge is 2.31. The van der Waals surface area contributed by atoms with E-state index in [2.05, 4.69) is 5.32 Å². The fraction of sp³-hybridized carbons (Fsp3) is 0.385. The summed E-state index contributed by atoms with van der Waals surface area (Å²) in [5.41, 5.74) is 5.31. The van der Waals surface area contributed by atoms with Gasteiger partial charge in [0.2, 0.25) is 0 Å². The average Bonchev–Trinajstić information content (AvgIpc) is 2.80. The van der Waals surface area contributed by atoms with Gasteiger partial charge in [-0.15, -0.1) is 0 Å². The SMILES string of the molecule is NC(=S)C1CCCC1NC(=O)c1cccc(F)c1F. The first-order valence-electron chi connectivity index (χ1n) is 6.05. The summed E-state index contributed by atoms with van der Waals surface area (Å²) in [6.45, 7) is 0. The minimum absolute atomic E-state index is 0.0735. The van der Waals surface area contributed by atoms with Crippen LogP contribution in [0, 0.1) is 17.6 Å². The number of rotatable bonds is 3. The standard InChI is InChI=1S/C13H14F2N2OS/c14-9-5-1-4-8(11(9)15)13(18)17-10-6-2-3-7(10)12(16)19/h1,4-5,7,10H,2-3,6H2,(H2,16,19)(H,17,18). The third kappa shape index (κ3) is 2.89. The Labute approximate surface area is 115 Å². The Hall–Kier alpha value is -1.56. The van der Waals surface area contributed by atoms with Crippen molar-refractivity contribution < 1.29 is 13.6 Å². The molecular weight excluding hydrogens is 270 g/mol. The summed E-state index contributed by atoms with van der Waals surface area (Å²) in [5, 5.41) is 2.68. The molecule has 2 rings (SSSR count). The topological polar surface area (TPSA) is 55.1 Å². The Morgan fingerprint density at radius 2 is 2.11 bits per heavy atom. The highest BCUT2D eigenvalue weighted by molar-refractivity contribution is 7.80. The summed E-state index contributed by atoms with van der Waals surface area (Å²) in [6.07, 6.45) is 2.45. The molecule has 102 valence electrons. The van der Waals surface area contributed by atoms with E-state index in [-0.39, 0.29) is 17.5 Å². The molecule has 1 aromatic carbocycles. The first-order chi connectivity index (χ1) is 9.00. The predicted octanol–water partition coefficient (Wildman–Crippen LogP) is 2.15. The summed E-state index contributed by atoms with van der Waals surface area (Å²) in [6, 6.07) is 3.32. The van der Waals surface area contributed by atoms with Gasteiger partial charge in [-0.3, -0.25) is 4.79 Å². The number of carbonyl (C=O) groups is 1. The molecule has 0 radical (unpaired) electrons. The Kier molecular flexibility index (Phi) is 4.09. The second kappa shape index (κ2) is 5.61. The zero-order chi connectivity index (χ0) is 14.0. The van der Waals surface area contributed by atoms with Crippen LogP contribution in [0.2, 0.25) is 0 Å². The van der Waals surface area contributed by atoms with Crippen molar-refractivity contribution in [2.45, 2.75) is 25.3 Å². The average molecular weight is 284 g/mol. The van der Waals surface area contributed by atoms with Gasteiger partial charge in [-0.1, -0.05) is 24.7 Å². The molecule has 1 saturated carbocycles. The van der Waals surface area contributed by atoms with Crippen molar-refractivity contribution >= 4 is 23.1 Å². The summed E-state index contributed by atoms with van der Waals surface area (Å²) >= 11 is 4.94. The molecule has 1 fully saturated rings. The predicted molar refractivity (Wildman–Crippen MR) is 71.7 cm³/mol. The van der Waals surface area contributed by atoms with E-state index < -0.39 is 17.5 Å². The van der Waals surface area contributed by atoms with Crippen molar-refractivity contribution in [1.29, 1.82) is 0 Å². The monoisotopic (exact) mass is 284 g/mol. The number of hydrogen-bond acceptors (Lipinski definition) is 2. The Bertz CT molecular complexity index is 521. The van der Waals surface area contributed by atoms with E-state index in [1.165, 1.54) is 12.1 Å². The number of amides is 1. The number of benzene rings is 1. The van der Waals surface area contributed by atoms with Gasteiger partial charge in [-0.25, -0.2) is 8.78 Å². The second-order valence-corrected chi connectivity index (χ2v) is 5.09. The van der Waals surface area contributed by atoms with Gasteiger partial charge in [0.05, 0.1) is 10.6 Å². The molecule has 0 aromatic heterocycles. The lowest BCUT2D eigenvalue weighted by atomic mass is 10.0. The fourth-order valence-electron chi connectivity index (χ4n) is 2.40. The van der Waals surface area contributed by atoms with Crippen molar-refractivity contribution in [1.82, 2.24) is 5.32 Å². The molecule has 0 bridgehead atoms. The van der Waals surface area contributed by atoms with Gasteiger partial charge < -0.3 is 11.1 Å². The molecule has 3 nitrogen and oxygen atoms in total. The lowest BCUT2D eigenvalue weighted by Crippen LogP contribution is -2.42. The molecule has 1 aliphatic rings. The summed E-state index contributed by atoms with van der Waals surface area (Å²) in [4.78, 5) is 12.3. The van der Waals surface area contributed by atoms with E-state index in [9.17, 15) is 13.6 Å². The maximum Gasteiger partial charge on any atom is 0.254 e. The van der Waals surface area contributed by atoms with Crippen LogP contribution < -0.4 is 11.1 Å². The van der Waals surface area contributed by atoms with E-state index >= 15 is 0 Å². The fourth-order valence-corrected chi connectivity index (χ4v) is 2.68. The van der Waals surface area contributed by atoms with Gasteiger partial charge in [0.15, 0.2) is 11.6 Å². The van der Waals surface area contributed by atoms with E-state index in [0.717, 1.165) is 25.3 Å². The van der Waals surface area contributed by atoms with Crippen LogP contribution in [0.3, 0.4) is 0 Å². The van der Waals surface area contributed by atoms with Crippen LogP contribution in [-0.2, 0) is 0 Å². The van der Waals surface area contributed by atoms with E-state index in [1.54, 1.807) is 0 Å². The van der Waals surface area contributed by atoms with Gasteiger partial charge in [0.25, 0.3) is 5.91 Å². The van der Waals surface area contributed by atoms with Crippen LogP contribution in [0.4, 0.5) is 8.78 Å². The third-order valence-corrected chi connectivity index (χ3v) is 3.70. The molecule has 0 spiro atoms. The molecule has 3 N–H and O–H groups in total. The van der Waals surface area contributed by atoms with Crippen LogP contribution in [0.5, 0.6) is 0 Å². The minimum Gasteiger partial charge on any atom is -0.393 e. The van der Waals surface area contributed by atoms with Crippen LogP contribution >= 0.6 is 12.2 Å². The van der Waals surface area contributed by atoms with Crippen molar-refractivity contribution in [3.63, 3.8) is 0 Å². The Morgan fingerprint density at radius 3 is 2.79 bits per heavy atom. The summed E-state index contributed by atoms with van der Waals surface area (Å²) in [5.74, 6) is -2.88. The summed E-state index contributed by atoms with van der Waals surface area (Å²) < 4.78 is 26.6. The molecule has 0 aliphatic heterocycles. The van der Waals surface area contributed by atoms with E-state index in [0.29, 0.717) is 4.99 Å². The maximum atomic E-state index is 13.5. The molecule has 0 heterocycles. The van der Waals surface area contributed by atoms with Gasteiger partial charge >= 0.3 is 0 Å². The molecule has 1 aromatic rings. The van der Waals surface area contributed by atoms with Crippen LogP contribution in [0.15, 0.2) is 18.2 Å². The molecular formula is C13H14F2N2OS. The van der Waals surface area contributed by atoms with Crippen molar-refractivity contribution in [2.24, 2.45) is 11.7 Å². The largest absolute Gasteiger partial charge is 0.393 e. The Balaban J connectivity index is 2.13. The minimum atomic E-state index is -1.13. The van der Waals surface area contributed by atoms with Crippen LogP contribution in [-0.4, -0.2) is 16.9 Å². The maximum absolute atomic E-state index is 13.5. The zero-order valence-corrected chi connectivity index (χ0v) is 11.0. The number of nitrogens with two attached hydrogens (primary N) is 1.